The normalized spacial score (nSPS) is 19.2. The number of hydrogen-bond acceptors (Lipinski definition) is 3. The lowest BCUT2D eigenvalue weighted by Gasteiger charge is -2.25. The van der Waals surface area contributed by atoms with E-state index in [9.17, 15) is 9.90 Å². The first-order valence-electron chi connectivity index (χ1n) is 6.46. The predicted molar refractivity (Wildman–Crippen MR) is 70.6 cm³/mol. The molecule has 1 saturated carbocycles. The van der Waals surface area contributed by atoms with Crippen LogP contribution in [0.3, 0.4) is 0 Å². The fraction of sp³-hybridized carbons (Fsp3) is 0.571. The van der Waals surface area contributed by atoms with Gasteiger partial charge in [0, 0.05) is 18.8 Å². The Labute approximate surface area is 112 Å². The van der Waals surface area contributed by atoms with Crippen LogP contribution in [0.25, 0.3) is 0 Å². The summed E-state index contributed by atoms with van der Waals surface area (Å²) in [4.78, 5) is 16.2. The highest BCUT2D eigenvalue weighted by molar-refractivity contribution is 6.31. The van der Waals surface area contributed by atoms with Gasteiger partial charge in [-0.3, -0.25) is 9.78 Å². The fourth-order valence-electron chi connectivity index (χ4n) is 2.48. The zero-order chi connectivity index (χ0) is 13.0. The summed E-state index contributed by atoms with van der Waals surface area (Å²) in [6.07, 6.45) is 8.55. The van der Waals surface area contributed by atoms with Gasteiger partial charge in [-0.05, 0) is 24.5 Å². The number of carbonyl (C=O) groups is 1. The monoisotopic (exact) mass is 267 g/mol. The number of halogens is 1. The number of rotatable bonds is 3. The number of aliphatic hydroxyl groups is 1. The number of pyridine rings is 1. The largest absolute Gasteiger partial charge is 0.382 e. The molecular formula is C14H18ClNO2. The fourth-order valence-corrected chi connectivity index (χ4v) is 2.66. The molecule has 1 heterocycles. The van der Waals surface area contributed by atoms with Crippen LogP contribution >= 0.6 is 11.6 Å². The zero-order valence-electron chi connectivity index (χ0n) is 10.4. The molecule has 1 aromatic heterocycles. The minimum absolute atomic E-state index is 0.113. The van der Waals surface area contributed by atoms with Gasteiger partial charge in [0.25, 0.3) is 0 Å². The molecule has 98 valence electrons. The van der Waals surface area contributed by atoms with E-state index in [4.69, 9.17) is 11.6 Å². The third-order valence-corrected chi connectivity index (χ3v) is 4.00. The van der Waals surface area contributed by atoms with Crippen molar-refractivity contribution in [1.82, 2.24) is 4.98 Å². The van der Waals surface area contributed by atoms with Crippen molar-refractivity contribution in [1.29, 1.82) is 0 Å². The van der Waals surface area contributed by atoms with Gasteiger partial charge >= 0.3 is 0 Å². The summed E-state index contributed by atoms with van der Waals surface area (Å²) < 4.78 is 0. The van der Waals surface area contributed by atoms with Crippen molar-refractivity contribution >= 4 is 17.4 Å². The van der Waals surface area contributed by atoms with Crippen LogP contribution in [0.15, 0.2) is 18.5 Å². The number of carbonyl (C=O) groups excluding carboxylic acids is 1. The summed E-state index contributed by atoms with van der Waals surface area (Å²) in [6, 6.07) is 1.74. The molecule has 0 atom stereocenters. The standard InChI is InChI=1S/C14H18ClNO2/c15-12-10-16-8-5-11(12)9-13(17)14(18)6-3-1-2-4-7-14/h5,8,10,18H,1-4,6-7,9H2. The Hall–Kier alpha value is -0.930. The van der Waals surface area contributed by atoms with Crippen LogP contribution in [0.2, 0.25) is 5.02 Å². The molecule has 0 unspecified atom stereocenters. The summed E-state index contributed by atoms with van der Waals surface area (Å²) in [7, 11) is 0. The summed E-state index contributed by atoms with van der Waals surface area (Å²) in [5.74, 6) is -0.113. The molecule has 0 spiro atoms. The van der Waals surface area contributed by atoms with Crippen molar-refractivity contribution in [3.63, 3.8) is 0 Å². The molecule has 0 amide bonds. The molecule has 0 aromatic carbocycles. The maximum atomic E-state index is 12.3. The minimum Gasteiger partial charge on any atom is -0.382 e. The van der Waals surface area contributed by atoms with E-state index in [2.05, 4.69) is 4.98 Å². The number of Topliss-reactive ketones (excluding diaryl/α,β-unsaturated/α-hetero) is 1. The van der Waals surface area contributed by atoms with Crippen molar-refractivity contribution in [3.05, 3.63) is 29.0 Å². The lowest BCUT2D eigenvalue weighted by atomic mass is 9.87. The van der Waals surface area contributed by atoms with E-state index in [1.165, 1.54) is 6.20 Å². The number of ketones is 1. The molecule has 1 fully saturated rings. The van der Waals surface area contributed by atoms with Crippen LogP contribution in [0.1, 0.15) is 44.1 Å². The summed E-state index contributed by atoms with van der Waals surface area (Å²) >= 11 is 5.99. The lowest BCUT2D eigenvalue weighted by molar-refractivity contribution is -0.138. The number of nitrogens with zero attached hydrogens (tertiary/aromatic N) is 1. The van der Waals surface area contributed by atoms with Gasteiger partial charge < -0.3 is 5.11 Å². The molecule has 0 saturated heterocycles. The highest BCUT2D eigenvalue weighted by atomic mass is 35.5. The summed E-state index contributed by atoms with van der Waals surface area (Å²) in [5.41, 5.74) is -0.405. The number of aromatic nitrogens is 1. The second-order valence-electron chi connectivity index (χ2n) is 5.01. The molecule has 1 aliphatic carbocycles. The van der Waals surface area contributed by atoms with Crippen LogP contribution in [-0.4, -0.2) is 21.5 Å². The van der Waals surface area contributed by atoms with Gasteiger partial charge in [0.05, 0.1) is 5.02 Å². The maximum Gasteiger partial charge on any atom is 0.168 e. The van der Waals surface area contributed by atoms with E-state index in [-0.39, 0.29) is 12.2 Å². The van der Waals surface area contributed by atoms with Crippen molar-refractivity contribution in [2.45, 2.75) is 50.5 Å². The predicted octanol–water partition coefficient (Wildman–Crippen LogP) is 2.93. The van der Waals surface area contributed by atoms with E-state index >= 15 is 0 Å². The van der Waals surface area contributed by atoms with Crippen molar-refractivity contribution in [2.75, 3.05) is 0 Å². The van der Waals surface area contributed by atoms with Gasteiger partial charge in [-0.25, -0.2) is 0 Å². The molecule has 0 bridgehead atoms. The molecule has 1 N–H and O–H groups in total. The first-order valence-corrected chi connectivity index (χ1v) is 6.84. The summed E-state index contributed by atoms with van der Waals surface area (Å²) in [5, 5.41) is 11.0. The molecule has 0 radical (unpaired) electrons. The average Bonchev–Trinajstić information content (AvgIpc) is 2.58. The van der Waals surface area contributed by atoms with Gasteiger partial charge in [-0.15, -0.1) is 0 Å². The zero-order valence-corrected chi connectivity index (χ0v) is 11.1. The Morgan fingerprint density at radius 3 is 2.61 bits per heavy atom. The Morgan fingerprint density at radius 2 is 2.00 bits per heavy atom. The van der Waals surface area contributed by atoms with Crippen molar-refractivity contribution < 1.29 is 9.90 Å². The van der Waals surface area contributed by atoms with Crippen LogP contribution in [0, 0.1) is 0 Å². The summed E-state index contributed by atoms with van der Waals surface area (Å²) in [6.45, 7) is 0. The Bertz CT molecular complexity index is 426. The molecule has 1 aromatic rings. The smallest absolute Gasteiger partial charge is 0.168 e. The van der Waals surface area contributed by atoms with Crippen LogP contribution in [0.4, 0.5) is 0 Å². The average molecular weight is 268 g/mol. The first-order chi connectivity index (χ1) is 8.62. The Morgan fingerprint density at radius 1 is 1.33 bits per heavy atom. The van der Waals surface area contributed by atoms with Gasteiger partial charge in [-0.2, -0.15) is 0 Å². The van der Waals surface area contributed by atoms with Crippen LogP contribution < -0.4 is 0 Å². The third-order valence-electron chi connectivity index (χ3n) is 3.66. The quantitative estimate of drug-likeness (QED) is 0.857. The molecule has 4 heteroatoms. The second-order valence-corrected chi connectivity index (χ2v) is 5.42. The third kappa shape index (κ3) is 3.09. The van der Waals surface area contributed by atoms with E-state index in [0.717, 1.165) is 31.2 Å². The Balaban J connectivity index is 2.09. The second kappa shape index (κ2) is 5.81. The Kier molecular flexibility index (Phi) is 4.36. The molecule has 1 aliphatic rings. The van der Waals surface area contributed by atoms with Gasteiger partial charge in [0.1, 0.15) is 5.60 Å². The van der Waals surface area contributed by atoms with E-state index in [0.29, 0.717) is 17.9 Å². The molecule has 2 rings (SSSR count). The van der Waals surface area contributed by atoms with E-state index in [1.807, 2.05) is 0 Å². The highest BCUT2D eigenvalue weighted by Gasteiger charge is 2.35. The first kappa shape index (κ1) is 13.5. The highest BCUT2D eigenvalue weighted by Crippen LogP contribution is 2.29. The van der Waals surface area contributed by atoms with Gasteiger partial charge in [0.15, 0.2) is 5.78 Å². The lowest BCUT2D eigenvalue weighted by Crippen LogP contribution is -2.39. The molecular weight excluding hydrogens is 250 g/mol. The molecule has 3 nitrogen and oxygen atoms in total. The SMILES string of the molecule is O=C(Cc1ccncc1Cl)C1(O)CCCCCC1. The minimum atomic E-state index is -1.15. The van der Waals surface area contributed by atoms with Crippen LogP contribution in [-0.2, 0) is 11.2 Å². The molecule has 18 heavy (non-hydrogen) atoms. The molecule has 0 aliphatic heterocycles. The van der Waals surface area contributed by atoms with Gasteiger partial charge in [0.2, 0.25) is 0 Å². The van der Waals surface area contributed by atoms with Crippen molar-refractivity contribution in [3.8, 4) is 0 Å². The van der Waals surface area contributed by atoms with E-state index < -0.39 is 5.60 Å². The van der Waals surface area contributed by atoms with Crippen molar-refractivity contribution in [2.24, 2.45) is 0 Å². The van der Waals surface area contributed by atoms with Crippen LogP contribution in [0.5, 0.6) is 0 Å². The topological polar surface area (TPSA) is 50.2 Å². The maximum absolute atomic E-state index is 12.3. The van der Waals surface area contributed by atoms with E-state index in [1.54, 1.807) is 12.3 Å². The number of hydrogen-bond donors (Lipinski definition) is 1. The van der Waals surface area contributed by atoms with Gasteiger partial charge in [-0.1, -0.05) is 37.3 Å².